The number of methoxy groups -OCH3 is 1. The van der Waals surface area contributed by atoms with Gasteiger partial charge in [0.1, 0.15) is 12.3 Å². The standard InChI is InChI=1S/C21H29N3O4S/c1-15-11-12-16(2)19(13-15)24(29(26,27)23(4)5)14-21(25)22-17(3)18-9-7-8-10-20(18)28-6/h7-13,17H,14H2,1-6H3,(H,22,25)/t17-/m1/s1. The van der Waals surface area contributed by atoms with E-state index >= 15 is 0 Å². The third-order valence-corrected chi connectivity index (χ3v) is 6.45. The van der Waals surface area contributed by atoms with Crippen LogP contribution in [0.1, 0.15) is 29.7 Å². The molecular weight excluding hydrogens is 390 g/mol. The van der Waals surface area contributed by atoms with Crippen molar-refractivity contribution in [1.29, 1.82) is 0 Å². The maximum Gasteiger partial charge on any atom is 0.304 e. The maximum atomic E-state index is 12.9. The molecule has 0 saturated carbocycles. The van der Waals surface area contributed by atoms with Crippen molar-refractivity contribution in [3.05, 3.63) is 59.2 Å². The predicted molar refractivity (Wildman–Crippen MR) is 115 cm³/mol. The fourth-order valence-corrected chi connectivity index (χ4v) is 4.12. The van der Waals surface area contributed by atoms with Gasteiger partial charge in [-0.1, -0.05) is 30.3 Å². The number of para-hydroxylation sites is 1. The first kappa shape index (κ1) is 22.7. The maximum absolute atomic E-state index is 12.9. The Hall–Kier alpha value is -2.58. The van der Waals surface area contributed by atoms with Crippen LogP contribution in [0, 0.1) is 13.8 Å². The number of aryl methyl sites for hydroxylation is 2. The summed E-state index contributed by atoms with van der Waals surface area (Å²) in [6.45, 7) is 5.21. The van der Waals surface area contributed by atoms with Gasteiger partial charge in [0, 0.05) is 19.7 Å². The fraction of sp³-hybridized carbons (Fsp3) is 0.381. The first-order valence-corrected chi connectivity index (χ1v) is 10.7. The van der Waals surface area contributed by atoms with E-state index in [4.69, 9.17) is 4.74 Å². The Morgan fingerprint density at radius 3 is 2.41 bits per heavy atom. The van der Waals surface area contributed by atoms with Gasteiger partial charge in [-0.2, -0.15) is 12.7 Å². The second-order valence-electron chi connectivity index (χ2n) is 7.12. The highest BCUT2D eigenvalue weighted by Crippen LogP contribution is 2.26. The Balaban J connectivity index is 2.31. The van der Waals surface area contributed by atoms with Gasteiger partial charge in [0.25, 0.3) is 0 Å². The van der Waals surface area contributed by atoms with Gasteiger partial charge >= 0.3 is 10.2 Å². The van der Waals surface area contributed by atoms with E-state index in [1.165, 1.54) is 14.1 Å². The number of anilines is 1. The second-order valence-corrected chi connectivity index (χ2v) is 9.18. The van der Waals surface area contributed by atoms with Crippen molar-refractivity contribution in [1.82, 2.24) is 9.62 Å². The Bertz CT molecular complexity index is 974. The van der Waals surface area contributed by atoms with Crippen LogP contribution in [0.3, 0.4) is 0 Å². The van der Waals surface area contributed by atoms with Crippen LogP contribution in [-0.4, -0.2) is 46.4 Å². The van der Waals surface area contributed by atoms with Crippen molar-refractivity contribution in [2.45, 2.75) is 26.8 Å². The summed E-state index contributed by atoms with van der Waals surface area (Å²) in [4.78, 5) is 12.8. The molecule has 0 aliphatic carbocycles. The van der Waals surface area contributed by atoms with Crippen LogP contribution in [0.25, 0.3) is 0 Å². The van der Waals surface area contributed by atoms with Crippen LogP contribution >= 0.6 is 0 Å². The summed E-state index contributed by atoms with van der Waals surface area (Å²) in [6.07, 6.45) is 0. The Morgan fingerprint density at radius 2 is 1.79 bits per heavy atom. The summed E-state index contributed by atoms with van der Waals surface area (Å²) in [5.41, 5.74) is 2.98. The number of nitrogens with one attached hydrogen (secondary N) is 1. The molecule has 1 N–H and O–H groups in total. The van der Waals surface area contributed by atoms with E-state index in [9.17, 15) is 13.2 Å². The van der Waals surface area contributed by atoms with E-state index in [-0.39, 0.29) is 12.6 Å². The zero-order valence-corrected chi connectivity index (χ0v) is 18.6. The van der Waals surface area contributed by atoms with Gasteiger partial charge in [0.05, 0.1) is 18.8 Å². The number of ether oxygens (including phenoxy) is 1. The van der Waals surface area contributed by atoms with Crippen LogP contribution in [-0.2, 0) is 15.0 Å². The molecule has 2 aromatic carbocycles. The smallest absolute Gasteiger partial charge is 0.304 e. The molecule has 1 amide bonds. The average molecular weight is 420 g/mol. The molecule has 0 bridgehead atoms. The molecule has 0 heterocycles. The van der Waals surface area contributed by atoms with E-state index in [0.717, 1.165) is 25.3 Å². The van der Waals surface area contributed by atoms with Gasteiger partial charge in [-0.25, -0.2) is 4.31 Å². The lowest BCUT2D eigenvalue weighted by Gasteiger charge is -2.29. The number of hydrogen-bond donors (Lipinski definition) is 1. The fourth-order valence-electron chi connectivity index (χ4n) is 3.00. The molecule has 0 aliphatic heterocycles. The second kappa shape index (κ2) is 9.28. The number of benzene rings is 2. The average Bonchev–Trinajstić information content (AvgIpc) is 2.67. The van der Waals surface area contributed by atoms with Gasteiger partial charge in [0.2, 0.25) is 5.91 Å². The van der Waals surface area contributed by atoms with Crippen LogP contribution < -0.4 is 14.4 Å². The molecule has 0 spiro atoms. The Morgan fingerprint density at radius 1 is 1.14 bits per heavy atom. The largest absolute Gasteiger partial charge is 0.496 e. The van der Waals surface area contributed by atoms with Gasteiger partial charge in [0.15, 0.2) is 0 Å². The van der Waals surface area contributed by atoms with Crippen LogP contribution in [0.2, 0.25) is 0 Å². The van der Waals surface area contributed by atoms with E-state index in [1.807, 2.05) is 57.2 Å². The molecular formula is C21H29N3O4S. The molecule has 8 heteroatoms. The zero-order chi connectivity index (χ0) is 21.8. The molecule has 2 aromatic rings. The highest BCUT2D eigenvalue weighted by molar-refractivity contribution is 7.90. The van der Waals surface area contributed by atoms with Gasteiger partial charge in [-0.15, -0.1) is 0 Å². The molecule has 0 aliphatic rings. The van der Waals surface area contributed by atoms with Crippen molar-refractivity contribution in [3.8, 4) is 5.75 Å². The van der Waals surface area contributed by atoms with Crippen molar-refractivity contribution < 1.29 is 17.9 Å². The Kier molecular flexibility index (Phi) is 7.26. The number of carbonyl (C=O) groups excluding carboxylic acids is 1. The van der Waals surface area contributed by atoms with Gasteiger partial charge in [-0.05, 0) is 44.0 Å². The predicted octanol–water partition coefficient (Wildman–Crippen LogP) is 2.80. The summed E-state index contributed by atoms with van der Waals surface area (Å²) in [5, 5.41) is 2.87. The molecule has 29 heavy (non-hydrogen) atoms. The van der Waals surface area contributed by atoms with E-state index < -0.39 is 16.1 Å². The minimum atomic E-state index is -3.86. The summed E-state index contributed by atoms with van der Waals surface area (Å²) < 4.78 is 33.5. The van der Waals surface area contributed by atoms with Crippen LogP contribution in [0.5, 0.6) is 5.75 Å². The molecule has 158 valence electrons. The van der Waals surface area contributed by atoms with Crippen LogP contribution in [0.15, 0.2) is 42.5 Å². The van der Waals surface area contributed by atoms with Crippen molar-refractivity contribution in [3.63, 3.8) is 0 Å². The monoisotopic (exact) mass is 419 g/mol. The lowest BCUT2D eigenvalue weighted by molar-refractivity contribution is -0.120. The number of amides is 1. The molecule has 0 saturated heterocycles. The van der Waals surface area contributed by atoms with E-state index in [0.29, 0.717) is 11.4 Å². The molecule has 1 atom stereocenters. The summed E-state index contributed by atoms with van der Waals surface area (Å²) in [5.74, 6) is 0.252. The number of carbonyl (C=O) groups is 1. The number of nitrogens with zero attached hydrogens (tertiary/aromatic N) is 2. The Labute approximate surface area is 173 Å². The molecule has 7 nitrogen and oxygen atoms in total. The molecule has 0 radical (unpaired) electrons. The number of rotatable bonds is 8. The third-order valence-electron chi connectivity index (χ3n) is 4.64. The van der Waals surface area contributed by atoms with Crippen molar-refractivity contribution in [2.24, 2.45) is 0 Å². The van der Waals surface area contributed by atoms with Crippen molar-refractivity contribution >= 4 is 21.8 Å². The third kappa shape index (κ3) is 5.27. The molecule has 0 fully saturated rings. The first-order chi connectivity index (χ1) is 13.6. The summed E-state index contributed by atoms with van der Waals surface area (Å²) in [6, 6.07) is 12.6. The SMILES string of the molecule is COc1ccccc1[C@@H](C)NC(=O)CN(c1cc(C)ccc1C)S(=O)(=O)N(C)C. The van der Waals surface area contributed by atoms with Crippen LogP contribution in [0.4, 0.5) is 5.69 Å². The highest BCUT2D eigenvalue weighted by Gasteiger charge is 2.29. The first-order valence-electron chi connectivity index (χ1n) is 9.27. The molecule has 0 unspecified atom stereocenters. The van der Waals surface area contributed by atoms with Crippen molar-refractivity contribution in [2.75, 3.05) is 32.1 Å². The minimum absolute atomic E-state index is 0.329. The topological polar surface area (TPSA) is 79.0 Å². The van der Waals surface area contributed by atoms with E-state index in [1.54, 1.807) is 13.2 Å². The molecule has 2 rings (SSSR count). The van der Waals surface area contributed by atoms with E-state index in [2.05, 4.69) is 5.32 Å². The van der Waals surface area contributed by atoms with Gasteiger partial charge < -0.3 is 10.1 Å². The van der Waals surface area contributed by atoms with Gasteiger partial charge in [-0.3, -0.25) is 4.79 Å². The summed E-state index contributed by atoms with van der Waals surface area (Å²) in [7, 11) is 0.605. The number of hydrogen-bond acceptors (Lipinski definition) is 4. The lowest BCUT2D eigenvalue weighted by atomic mass is 10.1. The quantitative estimate of drug-likeness (QED) is 0.714. The highest BCUT2D eigenvalue weighted by atomic mass is 32.2. The normalized spacial score (nSPS) is 12.5. The summed E-state index contributed by atoms with van der Waals surface area (Å²) >= 11 is 0. The molecule has 0 aromatic heterocycles. The minimum Gasteiger partial charge on any atom is -0.496 e. The zero-order valence-electron chi connectivity index (χ0n) is 17.8. The lowest BCUT2D eigenvalue weighted by Crippen LogP contribution is -2.46.